The van der Waals surface area contributed by atoms with Crippen molar-refractivity contribution in [3.05, 3.63) is 65.7 Å². The number of ether oxygens (including phenoxy) is 1. The maximum absolute atomic E-state index is 13.4. The molecule has 0 aliphatic carbocycles. The van der Waals surface area contributed by atoms with E-state index < -0.39 is 35.2 Å². The summed E-state index contributed by atoms with van der Waals surface area (Å²) in [6.07, 6.45) is 3.43. The molecular weight excluding hydrogens is 428 g/mol. The lowest BCUT2D eigenvalue weighted by molar-refractivity contribution is -0.164. The number of nitrogen functional groups attached to an aromatic ring is 1. The van der Waals surface area contributed by atoms with Gasteiger partial charge in [-0.25, -0.2) is 4.79 Å². The van der Waals surface area contributed by atoms with Gasteiger partial charge < -0.3 is 15.4 Å². The normalized spacial score (nSPS) is 17.1. The summed E-state index contributed by atoms with van der Waals surface area (Å²) in [4.78, 5) is 40.7. The number of hydrogen-bond acceptors (Lipinski definition) is 5. The van der Waals surface area contributed by atoms with Crippen molar-refractivity contribution in [1.29, 1.82) is 0 Å². The minimum absolute atomic E-state index is 0.386. The Morgan fingerprint density at radius 1 is 1.09 bits per heavy atom. The molecule has 0 unspecified atom stereocenters. The van der Waals surface area contributed by atoms with Crippen LogP contribution in [0.3, 0.4) is 0 Å². The third-order valence-electron chi connectivity index (χ3n) is 6.81. The third-order valence-corrected chi connectivity index (χ3v) is 6.81. The Kier molecular flexibility index (Phi) is 8.48. The largest absolute Gasteiger partial charge is 0.456 e. The zero-order chi connectivity index (χ0) is 24.7. The van der Waals surface area contributed by atoms with Crippen LogP contribution in [0.2, 0.25) is 0 Å². The molecule has 1 fully saturated rings. The second-order valence-corrected chi connectivity index (χ2v) is 9.70. The van der Waals surface area contributed by atoms with Crippen molar-refractivity contribution in [3.8, 4) is 0 Å². The summed E-state index contributed by atoms with van der Waals surface area (Å²) in [6.45, 7) is 5.81. The lowest BCUT2D eigenvalue weighted by Gasteiger charge is -2.36. The molecule has 3 rings (SSSR count). The number of esters is 1. The van der Waals surface area contributed by atoms with Crippen molar-refractivity contribution in [2.75, 3.05) is 12.3 Å². The van der Waals surface area contributed by atoms with E-state index in [9.17, 15) is 14.4 Å². The fourth-order valence-electron chi connectivity index (χ4n) is 4.21. The minimum Gasteiger partial charge on any atom is -0.456 e. The van der Waals surface area contributed by atoms with Crippen LogP contribution in [0, 0.1) is 5.41 Å². The number of anilines is 1. The molecule has 1 aliphatic rings. The van der Waals surface area contributed by atoms with Gasteiger partial charge in [-0.15, -0.1) is 0 Å². The number of ketones is 1. The number of nitrogens with two attached hydrogens (primary N) is 1. The molecule has 182 valence electrons. The van der Waals surface area contributed by atoms with Crippen molar-refractivity contribution < 1.29 is 19.1 Å². The predicted octanol–water partition coefficient (Wildman–Crippen LogP) is 4.87. The Labute approximate surface area is 202 Å². The maximum Gasteiger partial charge on any atom is 0.329 e. The molecule has 0 spiro atoms. The van der Waals surface area contributed by atoms with E-state index in [-0.39, 0.29) is 0 Å². The summed E-state index contributed by atoms with van der Waals surface area (Å²) >= 11 is 0. The summed E-state index contributed by atoms with van der Waals surface area (Å²) in [7, 11) is 0. The summed E-state index contributed by atoms with van der Waals surface area (Å²) in [6, 6.07) is 16.6. The molecule has 0 bridgehead atoms. The van der Waals surface area contributed by atoms with Gasteiger partial charge in [-0.2, -0.15) is 0 Å². The summed E-state index contributed by atoms with van der Waals surface area (Å²) in [5.41, 5.74) is 7.80. The molecule has 2 atom stereocenters. The Hall–Kier alpha value is -3.15. The lowest BCUT2D eigenvalue weighted by Crippen LogP contribution is -2.53. The van der Waals surface area contributed by atoms with Crippen LogP contribution in [0.1, 0.15) is 70.1 Å². The molecular formula is C28H36N2O4. The standard InChI is InChI=1S/C28H36N2O4/c1-4-28(2,3)25(31)26(32)30-18-9-8-15-23(30)27(33)34-24(21-13-10-14-22(29)19-21)17-16-20-11-6-5-7-12-20/h5-7,10-14,19,23-24H,4,8-9,15-18,29H2,1-3H3/t23-,24+/m0/s1. The first kappa shape index (κ1) is 25.5. The number of carbonyl (C=O) groups excluding carboxylic acids is 3. The van der Waals surface area contributed by atoms with E-state index in [0.717, 1.165) is 30.4 Å². The van der Waals surface area contributed by atoms with Gasteiger partial charge in [0.1, 0.15) is 12.1 Å². The van der Waals surface area contributed by atoms with Crippen LogP contribution in [-0.4, -0.2) is 35.1 Å². The van der Waals surface area contributed by atoms with Crippen LogP contribution < -0.4 is 5.73 Å². The van der Waals surface area contributed by atoms with Crippen LogP contribution in [0.5, 0.6) is 0 Å². The van der Waals surface area contributed by atoms with Gasteiger partial charge in [0.15, 0.2) is 0 Å². The SMILES string of the molecule is CCC(C)(C)C(=O)C(=O)N1CCCC[C@H]1C(=O)O[C@H](CCc1ccccc1)c1cccc(N)c1. The number of amides is 1. The van der Waals surface area contributed by atoms with Gasteiger partial charge in [0.2, 0.25) is 5.78 Å². The lowest BCUT2D eigenvalue weighted by atomic mass is 9.84. The molecule has 2 aromatic carbocycles. The van der Waals surface area contributed by atoms with Crippen LogP contribution in [0.15, 0.2) is 54.6 Å². The van der Waals surface area contributed by atoms with Gasteiger partial charge in [0, 0.05) is 17.6 Å². The van der Waals surface area contributed by atoms with Gasteiger partial charge in [-0.05, 0) is 61.8 Å². The average molecular weight is 465 g/mol. The van der Waals surface area contributed by atoms with E-state index in [4.69, 9.17) is 10.5 Å². The van der Waals surface area contributed by atoms with Gasteiger partial charge in [-0.3, -0.25) is 9.59 Å². The molecule has 1 heterocycles. The van der Waals surface area contributed by atoms with Crippen LogP contribution in [-0.2, 0) is 25.5 Å². The van der Waals surface area contributed by atoms with E-state index in [0.29, 0.717) is 31.5 Å². The minimum atomic E-state index is -0.761. The van der Waals surface area contributed by atoms with Gasteiger partial charge in [0.05, 0.1) is 0 Å². The summed E-state index contributed by atoms with van der Waals surface area (Å²) in [5, 5.41) is 0. The van der Waals surface area contributed by atoms with E-state index in [1.807, 2.05) is 55.5 Å². The first-order valence-corrected chi connectivity index (χ1v) is 12.2. The predicted molar refractivity (Wildman–Crippen MR) is 133 cm³/mol. The quantitative estimate of drug-likeness (QED) is 0.325. The molecule has 0 saturated carbocycles. The number of carbonyl (C=O) groups is 3. The van der Waals surface area contributed by atoms with E-state index >= 15 is 0 Å². The zero-order valence-corrected chi connectivity index (χ0v) is 20.5. The Morgan fingerprint density at radius 3 is 2.50 bits per heavy atom. The van der Waals surface area contributed by atoms with Crippen molar-refractivity contribution in [1.82, 2.24) is 4.90 Å². The third kappa shape index (κ3) is 6.25. The van der Waals surface area contributed by atoms with Crippen molar-refractivity contribution in [2.24, 2.45) is 5.41 Å². The molecule has 6 nitrogen and oxygen atoms in total. The maximum atomic E-state index is 13.4. The number of benzene rings is 2. The van der Waals surface area contributed by atoms with Gasteiger partial charge in [-0.1, -0.05) is 63.2 Å². The number of rotatable bonds is 9. The Morgan fingerprint density at radius 2 is 1.82 bits per heavy atom. The highest BCUT2D eigenvalue weighted by molar-refractivity contribution is 6.38. The van der Waals surface area contributed by atoms with Crippen LogP contribution in [0.4, 0.5) is 5.69 Å². The first-order valence-electron chi connectivity index (χ1n) is 12.2. The average Bonchev–Trinajstić information content (AvgIpc) is 2.86. The van der Waals surface area contributed by atoms with Crippen LogP contribution in [0.25, 0.3) is 0 Å². The molecule has 2 aromatic rings. The Balaban J connectivity index is 1.79. The van der Waals surface area contributed by atoms with Crippen molar-refractivity contribution in [3.63, 3.8) is 0 Å². The Bertz CT molecular complexity index is 1000. The highest BCUT2D eigenvalue weighted by atomic mass is 16.5. The smallest absolute Gasteiger partial charge is 0.329 e. The fraction of sp³-hybridized carbons (Fsp3) is 0.464. The summed E-state index contributed by atoms with van der Waals surface area (Å²) in [5.74, 6) is -1.50. The van der Waals surface area contributed by atoms with E-state index in [2.05, 4.69) is 0 Å². The second-order valence-electron chi connectivity index (χ2n) is 9.70. The highest BCUT2D eigenvalue weighted by Gasteiger charge is 2.41. The van der Waals surface area contributed by atoms with Gasteiger partial charge in [0.25, 0.3) is 5.91 Å². The van der Waals surface area contributed by atoms with Crippen LogP contribution >= 0.6 is 0 Å². The van der Waals surface area contributed by atoms with Gasteiger partial charge >= 0.3 is 5.97 Å². The molecule has 1 saturated heterocycles. The fourth-order valence-corrected chi connectivity index (χ4v) is 4.21. The molecule has 0 aromatic heterocycles. The molecule has 6 heteroatoms. The molecule has 1 amide bonds. The molecule has 34 heavy (non-hydrogen) atoms. The van der Waals surface area contributed by atoms with Crippen molar-refractivity contribution >= 4 is 23.3 Å². The first-order chi connectivity index (χ1) is 16.2. The second kappa shape index (κ2) is 11.3. The number of piperidine rings is 1. The monoisotopic (exact) mass is 464 g/mol. The number of likely N-dealkylation sites (tertiary alicyclic amines) is 1. The van der Waals surface area contributed by atoms with Crippen molar-refractivity contribution in [2.45, 2.75) is 71.4 Å². The van der Waals surface area contributed by atoms with E-state index in [1.165, 1.54) is 4.90 Å². The molecule has 0 radical (unpaired) electrons. The number of hydrogen-bond donors (Lipinski definition) is 1. The molecule has 2 N–H and O–H groups in total. The molecule has 1 aliphatic heterocycles. The topological polar surface area (TPSA) is 89.7 Å². The number of aryl methyl sites for hydroxylation is 1. The summed E-state index contributed by atoms with van der Waals surface area (Å²) < 4.78 is 6.03. The van der Waals surface area contributed by atoms with E-state index in [1.54, 1.807) is 19.9 Å². The highest BCUT2D eigenvalue weighted by Crippen LogP contribution is 2.29. The zero-order valence-electron chi connectivity index (χ0n) is 20.5. The number of nitrogens with zero attached hydrogens (tertiary/aromatic N) is 1. The number of Topliss-reactive ketones (excluding diaryl/α,β-unsaturated/α-hetero) is 1.